The van der Waals surface area contributed by atoms with Gasteiger partial charge in [-0.2, -0.15) is 0 Å². The van der Waals surface area contributed by atoms with Crippen molar-refractivity contribution in [3.8, 4) is 0 Å². The molecule has 0 aromatic rings. The van der Waals surface area contributed by atoms with Crippen LogP contribution in [0.5, 0.6) is 0 Å². The van der Waals surface area contributed by atoms with Crippen molar-refractivity contribution in [2.45, 2.75) is 200 Å². The van der Waals surface area contributed by atoms with E-state index in [9.17, 15) is 14.2 Å². The van der Waals surface area contributed by atoms with Crippen molar-refractivity contribution in [1.29, 1.82) is 0 Å². The average Bonchev–Trinajstić information content (AvgIpc) is 3.05. The largest absolute Gasteiger partial charge is 0.469 e. The van der Waals surface area contributed by atoms with Gasteiger partial charge in [-0.15, -0.1) is 0 Å². The zero-order valence-corrected chi connectivity index (χ0v) is 31.8. The molecule has 0 aliphatic rings. The van der Waals surface area contributed by atoms with Crippen molar-refractivity contribution in [3.05, 3.63) is 24.3 Å². The van der Waals surface area contributed by atoms with E-state index in [4.69, 9.17) is 19.3 Å². The molecule has 0 unspecified atom stereocenters. The van der Waals surface area contributed by atoms with E-state index in [-0.39, 0.29) is 19.4 Å². The first-order chi connectivity index (χ1) is 23.3. The molecule has 0 aliphatic carbocycles. The van der Waals surface area contributed by atoms with Crippen LogP contribution in [0.1, 0.15) is 194 Å². The summed E-state index contributed by atoms with van der Waals surface area (Å²) in [5, 5.41) is 0. The molecule has 2 N–H and O–H groups in total. The van der Waals surface area contributed by atoms with Gasteiger partial charge < -0.3 is 19.3 Å². The molecule has 0 amide bonds. The minimum absolute atomic E-state index is 0.202. The molecule has 0 saturated heterocycles. The second-order valence-electron chi connectivity index (χ2n) is 13.2. The van der Waals surface area contributed by atoms with E-state index in [2.05, 4.69) is 42.7 Å². The predicted molar refractivity (Wildman–Crippen MR) is 198 cm³/mol. The standard InChI is InChI=1S/C39H73O8P/c1-3-5-7-9-11-13-15-16-17-18-19-20-21-22-24-25-27-29-31-33-38(40)45-35-37(36-46-48(42,43)44)47-39(41)34-32-30-28-26-23-14-12-10-8-6-4-2/h10,12,16-17,37H,3-9,11,13-15,18-36H2,1-2H3,(H2,42,43,44)/b12-10+,17-16+/t37-/m1/s1. The van der Waals surface area contributed by atoms with Gasteiger partial charge in [0.05, 0.1) is 6.61 Å². The Bertz CT molecular complexity index is 838. The van der Waals surface area contributed by atoms with Gasteiger partial charge in [0.1, 0.15) is 6.61 Å². The molecule has 0 aromatic carbocycles. The van der Waals surface area contributed by atoms with E-state index in [1.807, 2.05) is 0 Å². The van der Waals surface area contributed by atoms with E-state index in [0.717, 1.165) is 57.8 Å². The number of carbonyl (C=O) groups is 2. The summed E-state index contributed by atoms with van der Waals surface area (Å²) in [6.07, 6.45) is 39.0. The maximum atomic E-state index is 12.3. The molecular weight excluding hydrogens is 627 g/mol. The van der Waals surface area contributed by atoms with Gasteiger partial charge in [-0.1, -0.05) is 147 Å². The number of phosphoric acid groups is 1. The lowest BCUT2D eigenvalue weighted by Crippen LogP contribution is -2.29. The van der Waals surface area contributed by atoms with Gasteiger partial charge in [0, 0.05) is 12.8 Å². The summed E-state index contributed by atoms with van der Waals surface area (Å²) in [5.74, 6) is -0.895. The zero-order chi connectivity index (χ0) is 35.4. The van der Waals surface area contributed by atoms with Gasteiger partial charge in [0.25, 0.3) is 0 Å². The molecule has 8 nitrogen and oxygen atoms in total. The molecule has 1 atom stereocenters. The Morgan fingerprint density at radius 3 is 1.33 bits per heavy atom. The second-order valence-corrected chi connectivity index (χ2v) is 14.5. The first-order valence-corrected chi connectivity index (χ1v) is 21.2. The summed E-state index contributed by atoms with van der Waals surface area (Å²) in [4.78, 5) is 42.7. The second kappa shape index (κ2) is 35.4. The summed E-state index contributed by atoms with van der Waals surface area (Å²) in [5.41, 5.74) is 0. The highest BCUT2D eigenvalue weighted by molar-refractivity contribution is 7.46. The van der Waals surface area contributed by atoms with E-state index >= 15 is 0 Å². The molecule has 0 aliphatic heterocycles. The van der Waals surface area contributed by atoms with E-state index in [1.165, 1.54) is 103 Å². The molecule has 0 fully saturated rings. The van der Waals surface area contributed by atoms with Crippen LogP contribution < -0.4 is 0 Å². The molecule has 0 radical (unpaired) electrons. The average molecular weight is 701 g/mol. The fourth-order valence-electron chi connectivity index (χ4n) is 5.47. The van der Waals surface area contributed by atoms with Gasteiger partial charge >= 0.3 is 19.8 Å². The summed E-state index contributed by atoms with van der Waals surface area (Å²) >= 11 is 0. The molecule has 0 aromatic heterocycles. The first-order valence-electron chi connectivity index (χ1n) is 19.6. The zero-order valence-electron chi connectivity index (χ0n) is 30.9. The lowest BCUT2D eigenvalue weighted by atomic mass is 10.1. The number of hydrogen-bond acceptors (Lipinski definition) is 6. The van der Waals surface area contributed by atoms with Crippen LogP contribution >= 0.6 is 7.82 Å². The summed E-state index contributed by atoms with van der Waals surface area (Å²) in [6, 6.07) is 0. The number of carbonyl (C=O) groups excluding carboxylic acids is 2. The van der Waals surface area contributed by atoms with Gasteiger partial charge in [-0.3, -0.25) is 14.1 Å². The maximum absolute atomic E-state index is 12.3. The Labute approximate surface area is 294 Å². The maximum Gasteiger partial charge on any atom is 0.469 e. The SMILES string of the molecule is CCCC/C=C/CCCCCCCC(=O)O[C@H](COC(=O)CCCCCCCCCCC/C=C/CCCCCCCC)COP(=O)(O)O. The van der Waals surface area contributed by atoms with E-state index in [1.54, 1.807) is 0 Å². The number of rotatable bonds is 36. The van der Waals surface area contributed by atoms with Gasteiger partial charge in [-0.25, -0.2) is 4.57 Å². The number of hydrogen-bond donors (Lipinski definition) is 2. The monoisotopic (exact) mass is 701 g/mol. The quantitative estimate of drug-likeness (QED) is 0.0287. The topological polar surface area (TPSA) is 119 Å². The first kappa shape index (κ1) is 46.5. The Morgan fingerprint density at radius 1 is 0.521 bits per heavy atom. The third-order valence-electron chi connectivity index (χ3n) is 8.44. The Balaban J connectivity index is 3.89. The number of phosphoric ester groups is 1. The van der Waals surface area contributed by atoms with Gasteiger partial charge in [0.2, 0.25) is 0 Å². The highest BCUT2D eigenvalue weighted by Crippen LogP contribution is 2.36. The van der Waals surface area contributed by atoms with Crippen LogP contribution in [-0.4, -0.2) is 41.0 Å². The number of allylic oxidation sites excluding steroid dienone is 4. The lowest BCUT2D eigenvalue weighted by molar-refractivity contribution is -0.161. The van der Waals surface area contributed by atoms with Crippen molar-refractivity contribution >= 4 is 19.8 Å². The molecule has 0 rings (SSSR count). The Kier molecular flexibility index (Phi) is 34.3. The van der Waals surface area contributed by atoms with Crippen molar-refractivity contribution < 1.29 is 37.9 Å². The van der Waals surface area contributed by atoms with E-state index in [0.29, 0.717) is 6.42 Å². The van der Waals surface area contributed by atoms with Gasteiger partial charge in [0.15, 0.2) is 6.10 Å². The van der Waals surface area contributed by atoms with E-state index < -0.39 is 32.5 Å². The highest BCUT2D eigenvalue weighted by atomic mass is 31.2. The molecule has 0 spiro atoms. The van der Waals surface area contributed by atoms with Crippen LogP contribution in [0.3, 0.4) is 0 Å². The van der Waals surface area contributed by atoms with Crippen molar-refractivity contribution in [1.82, 2.24) is 0 Å². The van der Waals surface area contributed by atoms with Crippen LogP contribution in [0.2, 0.25) is 0 Å². The molecule has 0 heterocycles. The summed E-state index contributed by atoms with van der Waals surface area (Å²) in [6.45, 7) is 3.63. The van der Waals surface area contributed by atoms with Crippen molar-refractivity contribution in [2.75, 3.05) is 13.2 Å². The van der Waals surface area contributed by atoms with Crippen molar-refractivity contribution in [2.24, 2.45) is 0 Å². The van der Waals surface area contributed by atoms with Crippen LogP contribution in [0.25, 0.3) is 0 Å². The third kappa shape index (κ3) is 37.4. The minimum Gasteiger partial charge on any atom is -0.462 e. The number of esters is 2. The molecule has 9 heteroatoms. The van der Waals surface area contributed by atoms with Crippen LogP contribution in [-0.2, 0) is 28.2 Å². The molecule has 0 saturated carbocycles. The molecule has 282 valence electrons. The van der Waals surface area contributed by atoms with Crippen LogP contribution in [0.4, 0.5) is 0 Å². The van der Waals surface area contributed by atoms with Gasteiger partial charge in [-0.05, 0) is 57.8 Å². The number of ether oxygens (including phenoxy) is 2. The fourth-order valence-corrected chi connectivity index (χ4v) is 5.83. The Hall–Kier alpha value is -1.47. The number of unbranched alkanes of at least 4 members (excludes halogenated alkanes) is 22. The Morgan fingerprint density at radius 2 is 0.896 bits per heavy atom. The highest BCUT2D eigenvalue weighted by Gasteiger charge is 2.22. The molecular formula is C39H73O8P. The normalized spacial score (nSPS) is 12.7. The van der Waals surface area contributed by atoms with Crippen LogP contribution in [0, 0.1) is 0 Å². The smallest absolute Gasteiger partial charge is 0.462 e. The van der Waals surface area contributed by atoms with Crippen LogP contribution in [0.15, 0.2) is 24.3 Å². The van der Waals surface area contributed by atoms with Crippen molar-refractivity contribution in [3.63, 3.8) is 0 Å². The summed E-state index contributed by atoms with van der Waals surface area (Å²) in [7, 11) is -4.75. The predicted octanol–water partition coefficient (Wildman–Crippen LogP) is 11.6. The molecule has 48 heavy (non-hydrogen) atoms. The fraction of sp³-hybridized carbons (Fsp3) is 0.846. The minimum atomic E-state index is -4.75. The summed E-state index contributed by atoms with van der Waals surface area (Å²) < 4.78 is 26.3. The third-order valence-corrected chi connectivity index (χ3v) is 8.93. The molecule has 0 bridgehead atoms. The lowest BCUT2D eigenvalue weighted by Gasteiger charge is -2.18.